The first kappa shape index (κ1) is 12.9. The highest BCUT2D eigenvalue weighted by Gasteiger charge is 2.15. The standard InChI is InChI=1S/C7H6O2.C5H6O3/c8-7(9)6-4-2-1-3-5-6;6-4-2-1-3-5(7)8-4/h1-5H,(H,8,9);1-3H2. The van der Waals surface area contributed by atoms with Crippen molar-refractivity contribution in [3.05, 3.63) is 35.9 Å². The van der Waals surface area contributed by atoms with Gasteiger partial charge in [-0.3, -0.25) is 9.59 Å². The maximum absolute atomic E-state index is 10.2. The normalized spacial score (nSPS) is 14.4. The summed E-state index contributed by atoms with van der Waals surface area (Å²) in [7, 11) is 0. The molecule has 1 aliphatic rings. The lowest BCUT2D eigenvalue weighted by Crippen LogP contribution is -2.17. The van der Waals surface area contributed by atoms with E-state index < -0.39 is 5.97 Å². The van der Waals surface area contributed by atoms with Gasteiger partial charge in [0.15, 0.2) is 0 Å². The fraction of sp³-hybridized carbons (Fsp3) is 0.250. The van der Waals surface area contributed by atoms with Crippen LogP contribution in [-0.4, -0.2) is 23.0 Å². The molecule has 0 unspecified atom stereocenters. The minimum Gasteiger partial charge on any atom is -0.478 e. The lowest BCUT2D eigenvalue weighted by atomic mass is 10.2. The lowest BCUT2D eigenvalue weighted by Gasteiger charge is -2.06. The van der Waals surface area contributed by atoms with Crippen molar-refractivity contribution in [2.45, 2.75) is 19.3 Å². The molecule has 0 aliphatic carbocycles. The van der Waals surface area contributed by atoms with E-state index in [0.29, 0.717) is 24.8 Å². The fourth-order valence-corrected chi connectivity index (χ4v) is 1.19. The van der Waals surface area contributed by atoms with Crippen LogP contribution >= 0.6 is 0 Å². The second-order valence-corrected chi connectivity index (χ2v) is 3.37. The van der Waals surface area contributed by atoms with Crippen LogP contribution in [0.15, 0.2) is 30.3 Å². The van der Waals surface area contributed by atoms with E-state index in [2.05, 4.69) is 4.74 Å². The molecule has 1 fully saturated rings. The number of ether oxygens (including phenoxy) is 1. The average Bonchev–Trinajstić information content (AvgIpc) is 2.30. The van der Waals surface area contributed by atoms with Crippen molar-refractivity contribution in [1.29, 1.82) is 0 Å². The maximum Gasteiger partial charge on any atom is 0.335 e. The molecule has 0 spiro atoms. The van der Waals surface area contributed by atoms with Gasteiger partial charge in [-0.25, -0.2) is 4.79 Å². The predicted molar refractivity (Wildman–Crippen MR) is 58.4 cm³/mol. The van der Waals surface area contributed by atoms with Crippen LogP contribution in [0.4, 0.5) is 0 Å². The topological polar surface area (TPSA) is 80.7 Å². The summed E-state index contributed by atoms with van der Waals surface area (Å²) in [6, 6.07) is 8.30. The summed E-state index contributed by atoms with van der Waals surface area (Å²) in [6.45, 7) is 0. The molecule has 1 aliphatic heterocycles. The van der Waals surface area contributed by atoms with Crippen molar-refractivity contribution < 1.29 is 24.2 Å². The number of rotatable bonds is 1. The second-order valence-electron chi connectivity index (χ2n) is 3.37. The third kappa shape index (κ3) is 4.92. The zero-order valence-electron chi connectivity index (χ0n) is 9.09. The number of carbonyl (C=O) groups is 3. The van der Waals surface area contributed by atoms with Gasteiger partial charge in [0.05, 0.1) is 5.56 Å². The van der Waals surface area contributed by atoms with E-state index in [-0.39, 0.29) is 11.9 Å². The minimum atomic E-state index is -0.879. The Kier molecular flexibility index (Phi) is 4.87. The van der Waals surface area contributed by atoms with E-state index in [1.54, 1.807) is 30.3 Å². The van der Waals surface area contributed by atoms with E-state index >= 15 is 0 Å². The minimum absolute atomic E-state index is 0.331. The highest BCUT2D eigenvalue weighted by molar-refractivity contribution is 5.88. The Morgan fingerprint density at radius 3 is 1.88 bits per heavy atom. The van der Waals surface area contributed by atoms with Crippen molar-refractivity contribution in [3.8, 4) is 0 Å². The molecule has 0 amide bonds. The summed E-state index contributed by atoms with van der Waals surface area (Å²) in [5.41, 5.74) is 0.331. The van der Waals surface area contributed by atoms with Crippen molar-refractivity contribution >= 4 is 17.9 Å². The third-order valence-electron chi connectivity index (χ3n) is 2.01. The van der Waals surface area contributed by atoms with Gasteiger partial charge < -0.3 is 9.84 Å². The van der Waals surface area contributed by atoms with Crippen LogP contribution in [0, 0.1) is 0 Å². The Morgan fingerprint density at radius 2 is 1.59 bits per heavy atom. The largest absolute Gasteiger partial charge is 0.478 e. The van der Waals surface area contributed by atoms with Gasteiger partial charge in [0.1, 0.15) is 0 Å². The van der Waals surface area contributed by atoms with Crippen molar-refractivity contribution in [3.63, 3.8) is 0 Å². The Hall–Kier alpha value is -2.17. The Balaban J connectivity index is 0.000000171. The fourth-order valence-electron chi connectivity index (χ4n) is 1.19. The zero-order chi connectivity index (χ0) is 12.7. The molecule has 90 valence electrons. The predicted octanol–water partition coefficient (Wildman–Crippen LogP) is 1.62. The first-order valence-corrected chi connectivity index (χ1v) is 5.11. The van der Waals surface area contributed by atoms with Crippen molar-refractivity contribution in [2.24, 2.45) is 0 Å². The van der Waals surface area contributed by atoms with Gasteiger partial charge in [-0.2, -0.15) is 0 Å². The number of esters is 2. The Morgan fingerprint density at radius 1 is 1.06 bits per heavy atom. The van der Waals surface area contributed by atoms with Crippen molar-refractivity contribution in [1.82, 2.24) is 0 Å². The molecule has 1 heterocycles. The highest BCUT2D eigenvalue weighted by Crippen LogP contribution is 2.06. The summed E-state index contributed by atoms with van der Waals surface area (Å²) in [4.78, 5) is 30.7. The molecule has 0 radical (unpaired) electrons. The molecular formula is C12H12O5. The van der Waals surface area contributed by atoms with Crippen LogP contribution in [-0.2, 0) is 14.3 Å². The van der Waals surface area contributed by atoms with Gasteiger partial charge >= 0.3 is 17.9 Å². The second kappa shape index (κ2) is 6.42. The number of hydrogen-bond donors (Lipinski definition) is 1. The van der Waals surface area contributed by atoms with Crippen LogP contribution in [0.5, 0.6) is 0 Å². The highest BCUT2D eigenvalue weighted by atomic mass is 16.6. The SMILES string of the molecule is O=C(O)c1ccccc1.O=C1CCCC(=O)O1. The van der Waals surface area contributed by atoms with E-state index in [1.807, 2.05) is 0 Å². The van der Waals surface area contributed by atoms with E-state index in [0.717, 1.165) is 0 Å². The van der Waals surface area contributed by atoms with Crippen LogP contribution in [0.25, 0.3) is 0 Å². The molecule has 0 saturated carbocycles. The number of aromatic carboxylic acids is 1. The molecule has 1 N–H and O–H groups in total. The monoisotopic (exact) mass is 236 g/mol. The summed E-state index contributed by atoms with van der Waals surface area (Å²) < 4.78 is 4.21. The number of cyclic esters (lactones) is 2. The molecule has 1 aromatic rings. The average molecular weight is 236 g/mol. The van der Waals surface area contributed by atoms with Crippen molar-refractivity contribution in [2.75, 3.05) is 0 Å². The summed E-state index contributed by atoms with van der Waals surface area (Å²) in [5, 5.41) is 8.38. The van der Waals surface area contributed by atoms with Gasteiger partial charge in [-0.1, -0.05) is 18.2 Å². The smallest absolute Gasteiger partial charge is 0.335 e. The van der Waals surface area contributed by atoms with Gasteiger partial charge in [-0.15, -0.1) is 0 Å². The molecule has 0 bridgehead atoms. The van der Waals surface area contributed by atoms with Gasteiger partial charge in [0, 0.05) is 12.8 Å². The van der Waals surface area contributed by atoms with Crippen LogP contribution < -0.4 is 0 Å². The molecule has 17 heavy (non-hydrogen) atoms. The molecule has 1 saturated heterocycles. The molecule has 1 aromatic carbocycles. The molecular weight excluding hydrogens is 224 g/mol. The molecule has 5 heteroatoms. The molecule has 0 aromatic heterocycles. The van der Waals surface area contributed by atoms with Gasteiger partial charge in [0.2, 0.25) is 0 Å². The quantitative estimate of drug-likeness (QED) is 0.592. The Labute approximate surface area is 98.0 Å². The zero-order valence-corrected chi connectivity index (χ0v) is 9.09. The number of hydrogen-bond acceptors (Lipinski definition) is 4. The van der Waals surface area contributed by atoms with E-state index in [1.165, 1.54) is 0 Å². The molecule has 5 nitrogen and oxygen atoms in total. The number of carboxylic acids is 1. The third-order valence-corrected chi connectivity index (χ3v) is 2.01. The molecule has 0 atom stereocenters. The van der Waals surface area contributed by atoms with E-state index in [9.17, 15) is 14.4 Å². The van der Waals surface area contributed by atoms with Crippen LogP contribution in [0.1, 0.15) is 29.6 Å². The summed E-state index contributed by atoms with van der Waals surface area (Å²) >= 11 is 0. The van der Waals surface area contributed by atoms with Crippen LogP contribution in [0.3, 0.4) is 0 Å². The first-order valence-electron chi connectivity index (χ1n) is 5.11. The lowest BCUT2D eigenvalue weighted by molar-refractivity contribution is -0.163. The molecule has 2 rings (SSSR count). The number of carboxylic acid groups (broad SMARTS) is 1. The first-order chi connectivity index (χ1) is 8.09. The van der Waals surface area contributed by atoms with Crippen LogP contribution in [0.2, 0.25) is 0 Å². The Bertz CT molecular complexity index is 396. The summed E-state index contributed by atoms with van der Waals surface area (Å²) in [5.74, 6) is -1.65. The summed E-state index contributed by atoms with van der Waals surface area (Å²) in [6.07, 6.45) is 1.44. The van der Waals surface area contributed by atoms with Gasteiger partial charge in [0.25, 0.3) is 0 Å². The van der Waals surface area contributed by atoms with E-state index in [4.69, 9.17) is 5.11 Å². The van der Waals surface area contributed by atoms with Gasteiger partial charge in [-0.05, 0) is 18.6 Å². The maximum atomic E-state index is 10.2. The number of benzene rings is 1. The number of carbonyl (C=O) groups excluding carboxylic acids is 2.